The number of aliphatic hydroxyl groups excluding tert-OH is 3. The van der Waals surface area contributed by atoms with Crippen molar-refractivity contribution in [3.63, 3.8) is 0 Å². The van der Waals surface area contributed by atoms with Crippen LogP contribution in [0.15, 0.2) is 12.2 Å². The lowest BCUT2D eigenvalue weighted by molar-refractivity contribution is -0.138. The number of hydrogen-bond acceptors (Lipinski definition) is 5. The van der Waals surface area contributed by atoms with Gasteiger partial charge >= 0.3 is 5.97 Å². The molecule has 0 fully saturated rings. The van der Waals surface area contributed by atoms with Crippen LogP contribution in [0.25, 0.3) is 0 Å². The standard InChI is InChI=1S/C6H10O2.C3H8O3/c1-4-8-6(7)5(2)3;4-1-3(6)2-5/h2,4H2,1,3H3;3-6H,1-2H2. The molecule has 0 amide bonds. The molecule has 0 aromatic rings. The Labute approximate surface area is 83.6 Å². The van der Waals surface area contributed by atoms with Gasteiger partial charge in [0.1, 0.15) is 6.10 Å². The molecule has 0 bridgehead atoms. The smallest absolute Gasteiger partial charge is 0.333 e. The number of aliphatic hydroxyl groups is 3. The van der Waals surface area contributed by atoms with Crippen LogP contribution in [0, 0.1) is 0 Å². The predicted molar refractivity (Wildman–Crippen MR) is 51.6 cm³/mol. The Morgan fingerprint density at radius 3 is 1.93 bits per heavy atom. The normalized spacial score (nSPS) is 9.00. The van der Waals surface area contributed by atoms with E-state index in [0.29, 0.717) is 12.2 Å². The third-order valence-electron chi connectivity index (χ3n) is 1.05. The molecule has 0 aliphatic carbocycles. The first-order valence-electron chi connectivity index (χ1n) is 4.21. The van der Waals surface area contributed by atoms with E-state index >= 15 is 0 Å². The number of carbonyl (C=O) groups is 1. The number of carbonyl (C=O) groups excluding carboxylic acids is 1. The summed E-state index contributed by atoms with van der Waals surface area (Å²) in [6, 6.07) is 0. The number of ether oxygens (including phenoxy) is 1. The van der Waals surface area contributed by atoms with Crippen LogP contribution in [-0.2, 0) is 9.53 Å². The summed E-state index contributed by atoms with van der Waals surface area (Å²) in [5.74, 6) is -0.312. The van der Waals surface area contributed by atoms with E-state index in [4.69, 9.17) is 15.3 Å². The Balaban J connectivity index is 0. The highest BCUT2D eigenvalue weighted by molar-refractivity contribution is 5.86. The van der Waals surface area contributed by atoms with Gasteiger partial charge in [-0.3, -0.25) is 0 Å². The Kier molecular flexibility index (Phi) is 11.3. The molecular weight excluding hydrogens is 188 g/mol. The maximum atomic E-state index is 10.4. The molecule has 14 heavy (non-hydrogen) atoms. The molecule has 5 heteroatoms. The van der Waals surface area contributed by atoms with Crippen molar-refractivity contribution in [2.24, 2.45) is 0 Å². The van der Waals surface area contributed by atoms with Crippen molar-refractivity contribution < 1.29 is 24.9 Å². The van der Waals surface area contributed by atoms with Crippen molar-refractivity contribution in [2.45, 2.75) is 20.0 Å². The molecule has 0 unspecified atom stereocenters. The van der Waals surface area contributed by atoms with E-state index < -0.39 is 6.10 Å². The van der Waals surface area contributed by atoms with Crippen molar-refractivity contribution in [1.29, 1.82) is 0 Å². The van der Waals surface area contributed by atoms with Gasteiger partial charge in [-0.25, -0.2) is 4.79 Å². The van der Waals surface area contributed by atoms with Gasteiger partial charge in [0.2, 0.25) is 0 Å². The summed E-state index contributed by atoms with van der Waals surface area (Å²) in [5.41, 5.74) is 0.451. The molecule has 84 valence electrons. The van der Waals surface area contributed by atoms with E-state index in [1.165, 1.54) is 0 Å². The van der Waals surface area contributed by atoms with Crippen LogP contribution >= 0.6 is 0 Å². The van der Waals surface area contributed by atoms with E-state index in [2.05, 4.69) is 11.3 Å². The summed E-state index contributed by atoms with van der Waals surface area (Å²) in [7, 11) is 0. The zero-order valence-corrected chi connectivity index (χ0v) is 8.56. The van der Waals surface area contributed by atoms with Crippen LogP contribution in [0.4, 0.5) is 0 Å². The molecule has 0 saturated carbocycles. The Morgan fingerprint density at radius 2 is 1.86 bits per heavy atom. The van der Waals surface area contributed by atoms with Crippen molar-refractivity contribution in [2.75, 3.05) is 19.8 Å². The van der Waals surface area contributed by atoms with Crippen LogP contribution in [-0.4, -0.2) is 47.2 Å². The SMILES string of the molecule is C=C(C)C(=O)OCC.OCC(O)CO. The minimum atomic E-state index is -0.954. The first kappa shape index (κ1) is 15.6. The molecule has 0 saturated heterocycles. The lowest BCUT2D eigenvalue weighted by Crippen LogP contribution is -2.15. The molecule has 0 aliphatic rings. The minimum Gasteiger partial charge on any atom is -0.463 e. The second-order valence-corrected chi connectivity index (χ2v) is 2.52. The highest BCUT2D eigenvalue weighted by Gasteiger charge is 1.98. The molecule has 0 radical (unpaired) electrons. The van der Waals surface area contributed by atoms with Gasteiger partial charge in [-0.1, -0.05) is 6.58 Å². The van der Waals surface area contributed by atoms with Crippen LogP contribution < -0.4 is 0 Å². The maximum Gasteiger partial charge on any atom is 0.333 e. The average Bonchev–Trinajstić information content (AvgIpc) is 2.18. The van der Waals surface area contributed by atoms with Crippen LogP contribution in [0.2, 0.25) is 0 Å². The van der Waals surface area contributed by atoms with Gasteiger partial charge in [0, 0.05) is 5.57 Å². The van der Waals surface area contributed by atoms with Crippen molar-refractivity contribution in [3.8, 4) is 0 Å². The summed E-state index contributed by atoms with van der Waals surface area (Å²) in [4.78, 5) is 10.4. The van der Waals surface area contributed by atoms with Crippen LogP contribution in [0.1, 0.15) is 13.8 Å². The summed E-state index contributed by atoms with van der Waals surface area (Å²) >= 11 is 0. The maximum absolute atomic E-state index is 10.4. The fraction of sp³-hybridized carbons (Fsp3) is 0.667. The van der Waals surface area contributed by atoms with Crippen LogP contribution in [0.3, 0.4) is 0 Å². The van der Waals surface area contributed by atoms with E-state index in [9.17, 15) is 4.79 Å². The van der Waals surface area contributed by atoms with Gasteiger partial charge in [-0.2, -0.15) is 0 Å². The molecule has 0 spiro atoms. The zero-order chi connectivity index (χ0) is 11.6. The van der Waals surface area contributed by atoms with Crippen molar-refractivity contribution in [3.05, 3.63) is 12.2 Å². The van der Waals surface area contributed by atoms with Gasteiger partial charge in [0.25, 0.3) is 0 Å². The first-order valence-corrected chi connectivity index (χ1v) is 4.21. The fourth-order valence-electron chi connectivity index (χ4n) is 0.312. The number of esters is 1. The van der Waals surface area contributed by atoms with Gasteiger partial charge in [-0.15, -0.1) is 0 Å². The topological polar surface area (TPSA) is 87.0 Å². The Hall–Kier alpha value is -0.910. The van der Waals surface area contributed by atoms with Gasteiger partial charge in [-0.05, 0) is 13.8 Å². The molecule has 0 rings (SSSR count). The average molecular weight is 206 g/mol. The molecular formula is C9H18O5. The third-order valence-corrected chi connectivity index (χ3v) is 1.05. The summed E-state index contributed by atoms with van der Waals surface area (Å²) < 4.78 is 4.56. The van der Waals surface area contributed by atoms with Gasteiger partial charge < -0.3 is 20.1 Å². The summed E-state index contributed by atoms with van der Waals surface area (Å²) in [5, 5.41) is 24.0. The summed E-state index contributed by atoms with van der Waals surface area (Å²) in [6.07, 6.45) is -0.954. The highest BCUT2D eigenvalue weighted by atomic mass is 16.5. The molecule has 0 aromatic heterocycles. The molecule has 0 aromatic carbocycles. The van der Waals surface area contributed by atoms with Gasteiger partial charge in [0.05, 0.1) is 19.8 Å². The number of hydrogen-bond donors (Lipinski definition) is 3. The lowest BCUT2D eigenvalue weighted by atomic mass is 10.4. The van der Waals surface area contributed by atoms with E-state index in [0.717, 1.165) is 0 Å². The second kappa shape index (κ2) is 10.2. The monoisotopic (exact) mass is 206 g/mol. The predicted octanol–water partition coefficient (Wildman–Crippen LogP) is -0.543. The highest BCUT2D eigenvalue weighted by Crippen LogP contribution is 1.89. The quantitative estimate of drug-likeness (QED) is 0.424. The molecule has 5 nitrogen and oxygen atoms in total. The van der Waals surface area contributed by atoms with Crippen molar-refractivity contribution in [1.82, 2.24) is 0 Å². The minimum absolute atomic E-state index is 0.312. The third kappa shape index (κ3) is 11.1. The van der Waals surface area contributed by atoms with Crippen molar-refractivity contribution >= 4 is 5.97 Å². The Bertz CT molecular complexity index is 163. The fourth-order valence-corrected chi connectivity index (χ4v) is 0.312. The van der Waals surface area contributed by atoms with E-state index in [1.54, 1.807) is 13.8 Å². The Morgan fingerprint density at radius 1 is 1.43 bits per heavy atom. The lowest BCUT2D eigenvalue weighted by Gasteiger charge is -1.96. The summed E-state index contributed by atoms with van der Waals surface area (Å²) in [6.45, 7) is 6.48. The number of rotatable bonds is 4. The van der Waals surface area contributed by atoms with E-state index in [1.807, 2.05) is 0 Å². The largest absolute Gasteiger partial charge is 0.463 e. The molecule has 0 atom stereocenters. The van der Waals surface area contributed by atoms with E-state index in [-0.39, 0.29) is 19.2 Å². The van der Waals surface area contributed by atoms with Crippen LogP contribution in [0.5, 0.6) is 0 Å². The zero-order valence-electron chi connectivity index (χ0n) is 8.56. The molecule has 0 heterocycles. The second-order valence-electron chi connectivity index (χ2n) is 2.52. The first-order chi connectivity index (χ1) is 6.49. The molecule has 3 N–H and O–H groups in total. The molecule has 0 aliphatic heterocycles. The van der Waals surface area contributed by atoms with Gasteiger partial charge in [0.15, 0.2) is 0 Å².